The predicted molar refractivity (Wildman–Crippen MR) is 253 cm³/mol. The van der Waals surface area contributed by atoms with E-state index in [2.05, 4.69) is 15.3 Å². The number of imidazole rings is 1. The van der Waals surface area contributed by atoms with E-state index in [1.165, 1.54) is 64.1 Å². The lowest BCUT2D eigenvalue weighted by Crippen LogP contribution is -2.35. The highest BCUT2D eigenvalue weighted by molar-refractivity contribution is 5.94. The molecule has 5 N–H and O–H groups in total. The number of rotatable bonds is 49. The molecule has 67 heavy (non-hydrogen) atoms. The highest BCUT2D eigenvalue weighted by Crippen LogP contribution is 2.28. The Morgan fingerprint density at radius 3 is 1.72 bits per heavy atom. The highest BCUT2D eigenvalue weighted by Gasteiger charge is 2.35. The standard InChI is InChI=1S/C50H85N4O13/c1-50(2,35-45(57)44(51)34-41-36-52-39-54-41)46(58)33-40(49(62)63)21-16-15-18-23-43(56)37-66-31-30-65-28-26-53-47(59)38-67-32-29-64-27-20-24-42(55)22-17-13-11-9-7-5-3-4-6-8-10-12-14-19-25-48(60)61/h36,39-40,44,51H,3-35,37-38H2,1-2H3,(H,52,54)(H,53,59)(H,60,61)(H,62,63)/t40-,44+/m1/s1. The zero-order chi connectivity index (χ0) is 49.4. The zero-order valence-corrected chi connectivity index (χ0v) is 40.9. The van der Waals surface area contributed by atoms with Crippen LogP contribution >= 0.6 is 0 Å². The van der Waals surface area contributed by atoms with Crippen LogP contribution in [0.1, 0.15) is 180 Å². The summed E-state index contributed by atoms with van der Waals surface area (Å²) >= 11 is 0. The number of carbonyl (C=O) groups is 7. The summed E-state index contributed by atoms with van der Waals surface area (Å²) in [7, 11) is 0. The largest absolute Gasteiger partial charge is 0.481 e. The molecule has 1 rings (SSSR count). The normalized spacial score (nSPS) is 12.5. The molecular formula is C50H85N4O13. The van der Waals surface area contributed by atoms with Crippen molar-refractivity contribution in [1.82, 2.24) is 21.0 Å². The fourth-order valence-electron chi connectivity index (χ4n) is 7.48. The maximum atomic E-state index is 13.0. The molecule has 0 saturated heterocycles. The summed E-state index contributed by atoms with van der Waals surface area (Å²) in [6.45, 7) is 5.17. The average molecular weight is 950 g/mol. The lowest BCUT2D eigenvalue weighted by Gasteiger charge is -2.25. The van der Waals surface area contributed by atoms with E-state index in [1.807, 2.05) is 0 Å². The van der Waals surface area contributed by atoms with Gasteiger partial charge in [-0.2, -0.15) is 0 Å². The van der Waals surface area contributed by atoms with Gasteiger partial charge < -0.3 is 39.5 Å². The van der Waals surface area contributed by atoms with Crippen LogP contribution in [-0.4, -0.2) is 127 Å². The summed E-state index contributed by atoms with van der Waals surface area (Å²) in [5.74, 6) is -3.47. The maximum Gasteiger partial charge on any atom is 0.306 e. The summed E-state index contributed by atoms with van der Waals surface area (Å²) < 4.78 is 21.7. The fourth-order valence-corrected chi connectivity index (χ4v) is 7.48. The van der Waals surface area contributed by atoms with E-state index >= 15 is 0 Å². The molecule has 0 spiro atoms. The third kappa shape index (κ3) is 35.8. The Kier molecular flexibility index (Phi) is 36.5. The number of H-pyrrole nitrogens is 1. The Bertz CT molecular complexity index is 1500. The molecule has 0 saturated carbocycles. The van der Waals surface area contributed by atoms with Crippen molar-refractivity contribution < 1.29 is 62.7 Å². The Hall–Kier alpha value is -3.90. The van der Waals surface area contributed by atoms with E-state index in [0.717, 1.165) is 32.1 Å². The van der Waals surface area contributed by atoms with Gasteiger partial charge in [0.15, 0.2) is 11.6 Å². The first-order valence-corrected chi connectivity index (χ1v) is 25.0. The third-order valence-corrected chi connectivity index (χ3v) is 11.7. The van der Waals surface area contributed by atoms with Gasteiger partial charge in [-0.1, -0.05) is 104 Å². The molecule has 0 aromatic carbocycles. The van der Waals surface area contributed by atoms with Crippen molar-refractivity contribution in [2.75, 3.05) is 59.4 Å². The molecule has 17 nitrogen and oxygen atoms in total. The minimum absolute atomic E-state index is 0.0630. The van der Waals surface area contributed by atoms with Crippen molar-refractivity contribution in [3.05, 3.63) is 18.2 Å². The lowest BCUT2D eigenvalue weighted by atomic mass is 9.77. The first kappa shape index (κ1) is 61.1. The van der Waals surface area contributed by atoms with Gasteiger partial charge in [0, 0.05) is 75.4 Å². The number of aliphatic carboxylic acids is 2. The van der Waals surface area contributed by atoms with Crippen molar-refractivity contribution in [3.8, 4) is 0 Å². The molecule has 0 aliphatic rings. The second-order valence-corrected chi connectivity index (χ2v) is 18.3. The summed E-state index contributed by atoms with van der Waals surface area (Å²) in [5.41, 5.74) is 7.70. The van der Waals surface area contributed by atoms with Gasteiger partial charge in [-0.15, -0.1) is 0 Å². The van der Waals surface area contributed by atoms with Gasteiger partial charge >= 0.3 is 11.9 Å². The molecule has 1 aromatic heterocycles. The number of hydrogen-bond donors (Lipinski definition) is 4. The third-order valence-electron chi connectivity index (χ3n) is 11.7. The molecule has 0 aliphatic carbocycles. The smallest absolute Gasteiger partial charge is 0.306 e. The van der Waals surface area contributed by atoms with Crippen LogP contribution in [0.2, 0.25) is 0 Å². The summed E-state index contributed by atoms with van der Waals surface area (Å²) in [5, 5.41) is 21.1. The van der Waals surface area contributed by atoms with E-state index in [0.29, 0.717) is 64.0 Å². The number of unbranched alkanes of at least 4 members (excludes halogenated alkanes) is 15. The number of carbonyl (C=O) groups excluding carboxylic acids is 5. The first-order valence-electron chi connectivity index (χ1n) is 25.0. The molecule has 1 aromatic rings. The van der Waals surface area contributed by atoms with E-state index in [4.69, 9.17) is 29.8 Å². The Morgan fingerprint density at radius 1 is 0.642 bits per heavy atom. The molecule has 0 unspecified atom stereocenters. The van der Waals surface area contributed by atoms with E-state index in [-0.39, 0.29) is 107 Å². The number of aromatic amines is 1. The average Bonchev–Trinajstić information content (AvgIpc) is 3.80. The molecule has 1 amide bonds. The van der Waals surface area contributed by atoms with Crippen molar-refractivity contribution in [2.24, 2.45) is 11.3 Å². The van der Waals surface area contributed by atoms with E-state index in [1.54, 1.807) is 20.0 Å². The van der Waals surface area contributed by atoms with Crippen LogP contribution in [0, 0.1) is 11.3 Å². The number of amides is 1. The van der Waals surface area contributed by atoms with Crippen LogP contribution in [0.3, 0.4) is 0 Å². The molecule has 0 bridgehead atoms. The minimum atomic E-state index is -1.09. The van der Waals surface area contributed by atoms with Gasteiger partial charge in [-0.05, 0) is 32.1 Å². The number of nitrogens with one attached hydrogen (secondary N) is 3. The molecule has 1 radical (unpaired) electrons. The summed E-state index contributed by atoms with van der Waals surface area (Å²) in [6.07, 6.45) is 23.4. The molecule has 0 fully saturated rings. The van der Waals surface area contributed by atoms with Gasteiger partial charge in [0.05, 0.1) is 51.3 Å². The monoisotopic (exact) mass is 950 g/mol. The van der Waals surface area contributed by atoms with Crippen LogP contribution in [0.5, 0.6) is 0 Å². The predicted octanol–water partition coefficient (Wildman–Crippen LogP) is 7.63. The molecule has 17 heteroatoms. The maximum absolute atomic E-state index is 13.0. The zero-order valence-electron chi connectivity index (χ0n) is 40.9. The van der Waals surface area contributed by atoms with Crippen molar-refractivity contribution in [1.29, 1.82) is 0 Å². The Labute approximate surface area is 399 Å². The van der Waals surface area contributed by atoms with Crippen LogP contribution < -0.4 is 11.1 Å². The minimum Gasteiger partial charge on any atom is -0.481 e. The van der Waals surface area contributed by atoms with Crippen molar-refractivity contribution >= 4 is 41.0 Å². The van der Waals surface area contributed by atoms with Crippen LogP contribution in [0.15, 0.2) is 12.5 Å². The lowest BCUT2D eigenvalue weighted by molar-refractivity contribution is -0.145. The number of ketones is 4. The number of carboxylic acids is 2. The van der Waals surface area contributed by atoms with Crippen molar-refractivity contribution in [3.63, 3.8) is 0 Å². The fraction of sp³-hybridized carbons (Fsp3) is 0.800. The number of aromatic nitrogens is 2. The number of carboxylic acid groups (broad SMARTS) is 2. The Balaban J connectivity index is 1.91. The molecule has 2 atom stereocenters. The van der Waals surface area contributed by atoms with Gasteiger partial charge in [0.25, 0.3) is 0 Å². The second kappa shape index (κ2) is 40.0. The number of ether oxygens (including phenoxy) is 4. The van der Waals surface area contributed by atoms with Gasteiger partial charge in [0.2, 0.25) is 5.91 Å². The quantitative estimate of drug-likeness (QED) is 0.0458. The van der Waals surface area contributed by atoms with E-state index in [9.17, 15) is 38.7 Å². The Morgan fingerprint density at radius 2 is 1.15 bits per heavy atom. The molecule has 0 aliphatic heterocycles. The van der Waals surface area contributed by atoms with Crippen LogP contribution in [0.25, 0.3) is 0 Å². The summed E-state index contributed by atoms with van der Waals surface area (Å²) in [6, 6.07) is -1.05. The molecule has 1 heterocycles. The molecule has 383 valence electrons. The van der Waals surface area contributed by atoms with Crippen LogP contribution in [-0.2, 0) is 58.9 Å². The SMILES string of the molecule is CC(C)(CC(=O)[C@@H]([NH])Cc1cnc[nH]1)C(=O)C[C@@H](CCCCCC(=O)COCCOCCNC(=O)COCCOCCCC(=O)CCCCCCCCCCCCCCCCC(=O)O)C(=O)O. The number of hydrogen-bond acceptors (Lipinski definition) is 12. The van der Waals surface area contributed by atoms with Gasteiger partial charge in [-0.25, -0.2) is 10.7 Å². The first-order chi connectivity index (χ1) is 32.2. The molecular weight excluding hydrogens is 865 g/mol. The van der Waals surface area contributed by atoms with E-state index < -0.39 is 29.3 Å². The van der Waals surface area contributed by atoms with Crippen molar-refractivity contribution in [2.45, 2.75) is 187 Å². The van der Waals surface area contributed by atoms with Gasteiger partial charge in [0.1, 0.15) is 24.8 Å². The highest BCUT2D eigenvalue weighted by atomic mass is 16.5. The summed E-state index contributed by atoms with van der Waals surface area (Å²) in [4.78, 5) is 91.2. The second-order valence-electron chi connectivity index (χ2n) is 18.3. The number of Topliss-reactive ketones (excluding diaryl/α,β-unsaturated/α-hetero) is 4. The van der Waals surface area contributed by atoms with Crippen LogP contribution in [0.4, 0.5) is 0 Å². The topological polar surface area (TPSA) is 261 Å². The number of nitrogens with zero attached hydrogens (tertiary/aromatic N) is 1. The van der Waals surface area contributed by atoms with Gasteiger partial charge in [-0.3, -0.25) is 33.6 Å².